The van der Waals surface area contributed by atoms with Crippen molar-refractivity contribution in [3.63, 3.8) is 0 Å². The molecule has 0 fully saturated rings. The molecule has 1 heterocycles. The summed E-state index contributed by atoms with van der Waals surface area (Å²) >= 11 is 0. The number of carbonyl (C=O) groups is 2. The average molecular weight is 303 g/mol. The Labute approximate surface area is 127 Å². The first-order valence-corrected chi connectivity index (χ1v) is 6.55. The summed E-state index contributed by atoms with van der Waals surface area (Å²) in [6.45, 7) is 1.46. The largest absolute Gasteiger partial charge is 0.493 e. The van der Waals surface area contributed by atoms with E-state index >= 15 is 0 Å². The maximum absolute atomic E-state index is 11.8. The lowest BCUT2D eigenvalue weighted by molar-refractivity contribution is -0.134. The molecule has 22 heavy (non-hydrogen) atoms. The number of ether oxygens (including phenoxy) is 3. The Morgan fingerprint density at radius 3 is 2.27 bits per heavy atom. The highest BCUT2D eigenvalue weighted by atomic mass is 16.5. The van der Waals surface area contributed by atoms with Crippen molar-refractivity contribution in [2.45, 2.75) is 6.92 Å². The van der Waals surface area contributed by atoms with Crippen molar-refractivity contribution < 1.29 is 23.8 Å². The molecule has 116 valence electrons. The molecule has 0 amide bonds. The Morgan fingerprint density at radius 1 is 1.09 bits per heavy atom. The topological polar surface area (TPSA) is 66.8 Å². The third-order valence-electron chi connectivity index (χ3n) is 3.28. The molecule has 0 N–H and O–H groups in total. The van der Waals surface area contributed by atoms with Gasteiger partial charge in [0.15, 0.2) is 11.5 Å². The second-order valence-corrected chi connectivity index (χ2v) is 4.55. The minimum atomic E-state index is -0.468. The molecule has 0 aliphatic rings. The van der Waals surface area contributed by atoms with E-state index in [2.05, 4.69) is 4.74 Å². The molecular weight excluding hydrogens is 286 g/mol. The normalized spacial score (nSPS) is 10.9. The molecule has 2 aromatic rings. The van der Waals surface area contributed by atoms with Crippen LogP contribution in [0.5, 0.6) is 11.5 Å². The molecule has 1 aromatic carbocycles. The van der Waals surface area contributed by atoms with Crippen LogP contribution in [-0.4, -0.2) is 37.8 Å². The van der Waals surface area contributed by atoms with E-state index in [0.717, 1.165) is 5.39 Å². The van der Waals surface area contributed by atoms with Crippen LogP contribution in [-0.2, 0) is 9.53 Å². The summed E-state index contributed by atoms with van der Waals surface area (Å²) < 4.78 is 16.6. The van der Waals surface area contributed by atoms with Crippen LogP contribution in [0.3, 0.4) is 0 Å². The van der Waals surface area contributed by atoms with Gasteiger partial charge < -0.3 is 14.2 Å². The third kappa shape index (κ3) is 2.81. The Kier molecular flexibility index (Phi) is 4.50. The van der Waals surface area contributed by atoms with E-state index in [4.69, 9.17) is 9.47 Å². The molecule has 0 saturated carbocycles. The van der Waals surface area contributed by atoms with Crippen molar-refractivity contribution in [2.24, 2.45) is 0 Å². The summed E-state index contributed by atoms with van der Waals surface area (Å²) in [7, 11) is 4.37. The van der Waals surface area contributed by atoms with Crippen molar-refractivity contribution in [2.75, 3.05) is 21.3 Å². The summed E-state index contributed by atoms with van der Waals surface area (Å²) in [5.41, 5.74) is 1.38. The van der Waals surface area contributed by atoms with Gasteiger partial charge in [-0.15, -0.1) is 0 Å². The van der Waals surface area contributed by atoms with Crippen LogP contribution in [0.15, 0.2) is 24.4 Å². The lowest BCUT2D eigenvalue weighted by Gasteiger charge is -2.08. The number of hydrogen-bond acceptors (Lipinski definition) is 5. The second-order valence-electron chi connectivity index (χ2n) is 4.55. The van der Waals surface area contributed by atoms with E-state index in [1.165, 1.54) is 38.9 Å². The predicted octanol–water partition coefficient (Wildman–Crippen LogP) is 2.50. The van der Waals surface area contributed by atoms with Crippen molar-refractivity contribution in [1.29, 1.82) is 0 Å². The molecule has 0 aliphatic heterocycles. The van der Waals surface area contributed by atoms with E-state index in [-0.39, 0.29) is 5.91 Å². The molecule has 2 rings (SSSR count). The Bertz CT molecular complexity index is 757. The monoisotopic (exact) mass is 303 g/mol. The molecule has 6 nitrogen and oxygen atoms in total. The number of rotatable bonds is 4. The minimum Gasteiger partial charge on any atom is -0.493 e. The standard InChI is InChI=1S/C16H17NO5/c1-10(18)17-9-11(5-6-16(19)22-4)12-7-14(20-2)15(21-3)8-13(12)17/h5-9H,1-4H3/b6-5+. The SMILES string of the molecule is COC(=O)/C=C/c1cn(C(C)=O)c2cc(OC)c(OC)cc12. The number of esters is 1. The van der Waals surface area contributed by atoms with Crippen LogP contribution in [0.2, 0.25) is 0 Å². The zero-order valence-corrected chi connectivity index (χ0v) is 12.9. The number of hydrogen-bond donors (Lipinski definition) is 0. The van der Waals surface area contributed by atoms with Gasteiger partial charge in [0.25, 0.3) is 0 Å². The van der Waals surface area contributed by atoms with E-state index < -0.39 is 5.97 Å². The Hall–Kier alpha value is -2.76. The minimum absolute atomic E-state index is 0.144. The highest BCUT2D eigenvalue weighted by Crippen LogP contribution is 2.35. The molecular formula is C16H17NO5. The summed E-state index contributed by atoms with van der Waals surface area (Å²) in [6.07, 6.45) is 4.56. The summed E-state index contributed by atoms with van der Waals surface area (Å²) in [5.74, 6) is 0.460. The smallest absolute Gasteiger partial charge is 0.330 e. The van der Waals surface area contributed by atoms with Crippen molar-refractivity contribution in [3.05, 3.63) is 30.0 Å². The Balaban J connectivity index is 2.69. The van der Waals surface area contributed by atoms with E-state index in [1.807, 2.05) is 0 Å². The van der Waals surface area contributed by atoms with E-state index in [1.54, 1.807) is 24.4 Å². The number of benzene rings is 1. The van der Waals surface area contributed by atoms with Gasteiger partial charge in [0.05, 0.1) is 26.8 Å². The number of carbonyl (C=O) groups excluding carboxylic acids is 2. The number of fused-ring (bicyclic) bond motifs is 1. The fourth-order valence-electron chi connectivity index (χ4n) is 2.20. The molecule has 0 unspecified atom stereocenters. The van der Waals surface area contributed by atoms with Crippen LogP contribution in [0, 0.1) is 0 Å². The zero-order valence-electron chi connectivity index (χ0n) is 12.9. The lowest BCUT2D eigenvalue weighted by Crippen LogP contribution is -2.03. The van der Waals surface area contributed by atoms with Gasteiger partial charge in [-0.05, 0) is 12.1 Å². The highest BCUT2D eigenvalue weighted by Gasteiger charge is 2.14. The summed E-state index contributed by atoms with van der Waals surface area (Å²) in [4.78, 5) is 23.1. The predicted molar refractivity (Wildman–Crippen MR) is 82.4 cm³/mol. The van der Waals surface area contributed by atoms with Gasteiger partial charge >= 0.3 is 5.97 Å². The van der Waals surface area contributed by atoms with Crippen molar-refractivity contribution in [3.8, 4) is 11.5 Å². The fourth-order valence-corrected chi connectivity index (χ4v) is 2.20. The summed E-state index contributed by atoms with van der Waals surface area (Å²) in [5, 5.41) is 0.771. The lowest BCUT2D eigenvalue weighted by atomic mass is 10.1. The van der Waals surface area contributed by atoms with Gasteiger partial charge in [-0.25, -0.2) is 4.79 Å². The molecule has 0 aliphatic carbocycles. The molecule has 1 aromatic heterocycles. The van der Waals surface area contributed by atoms with E-state index in [0.29, 0.717) is 22.6 Å². The van der Waals surface area contributed by atoms with Crippen LogP contribution in [0.4, 0.5) is 0 Å². The molecule has 6 heteroatoms. The van der Waals surface area contributed by atoms with Gasteiger partial charge in [0, 0.05) is 36.2 Å². The maximum atomic E-state index is 11.8. The molecule has 0 saturated heterocycles. The van der Waals surface area contributed by atoms with Gasteiger partial charge in [-0.2, -0.15) is 0 Å². The van der Waals surface area contributed by atoms with E-state index in [9.17, 15) is 9.59 Å². The van der Waals surface area contributed by atoms with Crippen LogP contribution >= 0.6 is 0 Å². The molecule has 0 bridgehead atoms. The number of methoxy groups -OCH3 is 3. The first-order valence-electron chi connectivity index (χ1n) is 6.55. The van der Waals surface area contributed by atoms with Crippen molar-refractivity contribution >= 4 is 28.9 Å². The first-order chi connectivity index (χ1) is 10.5. The van der Waals surface area contributed by atoms with Gasteiger partial charge in [-0.1, -0.05) is 0 Å². The van der Waals surface area contributed by atoms with Crippen molar-refractivity contribution in [1.82, 2.24) is 4.57 Å². The Morgan fingerprint density at radius 2 is 1.73 bits per heavy atom. The van der Waals surface area contributed by atoms with Gasteiger partial charge in [0.2, 0.25) is 5.91 Å². The quantitative estimate of drug-likeness (QED) is 0.641. The molecule has 0 atom stereocenters. The first kappa shape index (κ1) is 15.6. The van der Waals surface area contributed by atoms with Crippen LogP contribution in [0.1, 0.15) is 17.3 Å². The van der Waals surface area contributed by atoms with Gasteiger partial charge in [-0.3, -0.25) is 9.36 Å². The average Bonchev–Trinajstić information content (AvgIpc) is 2.88. The molecule has 0 radical (unpaired) electrons. The van der Waals surface area contributed by atoms with Gasteiger partial charge in [0.1, 0.15) is 0 Å². The third-order valence-corrected chi connectivity index (χ3v) is 3.28. The second kappa shape index (κ2) is 6.34. The maximum Gasteiger partial charge on any atom is 0.330 e. The van der Waals surface area contributed by atoms with Crippen LogP contribution in [0.25, 0.3) is 17.0 Å². The number of aromatic nitrogens is 1. The van der Waals surface area contributed by atoms with Crippen LogP contribution < -0.4 is 9.47 Å². The summed E-state index contributed by atoms with van der Waals surface area (Å²) in [6, 6.07) is 3.50. The molecule has 0 spiro atoms. The zero-order chi connectivity index (χ0) is 16.3. The number of nitrogens with zero attached hydrogens (tertiary/aromatic N) is 1. The highest BCUT2D eigenvalue weighted by molar-refractivity contribution is 6.00. The fraction of sp³-hybridized carbons (Fsp3) is 0.250.